The summed E-state index contributed by atoms with van der Waals surface area (Å²) < 4.78 is 0. The van der Waals surface area contributed by atoms with Crippen LogP contribution in [0.4, 0.5) is 11.5 Å². The number of rotatable bonds is 4. The second-order valence-corrected chi connectivity index (χ2v) is 5.03. The summed E-state index contributed by atoms with van der Waals surface area (Å²) in [6, 6.07) is 1.37. The van der Waals surface area contributed by atoms with Crippen LogP contribution in [-0.2, 0) is 4.79 Å². The smallest absolute Gasteiger partial charge is 0.329 e. The molecular weight excluding hydrogens is 262 g/mol. The highest BCUT2D eigenvalue weighted by molar-refractivity contribution is 5.84. The molecule has 0 aliphatic carbocycles. The summed E-state index contributed by atoms with van der Waals surface area (Å²) in [4.78, 5) is 28.0. The van der Waals surface area contributed by atoms with Gasteiger partial charge in [-0.1, -0.05) is 6.92 Å². The number of nitro groups is 1. The summed E-state index contributed by atoms with van der Waals surface area (Å²) in [5.41, 5.74) is -0.566. The largest absolute Gasteiger partial charge is 0.479 e. The second kappa shape index (κ2) is 5.07. The second-order valence-electron chi connectivity index (χ2n) is 5.03. The molecule has 1 aromatic rings. The molecular formula is C13H17N3O4. The fourth-order valence-corrected chi connectivity index (χ4v) is 2.80. The van der Waals surface area contributed by atoms with Gasteiger partial charge in [-0.15, -0.1) is 0 Å². The van der Waals surface area contributed by atoms with Crippen molar-refractivity contribution in [2.75, 3.05) is 11.4 Å². The van der Waals surface area contributed by atoms with E-state index in [1.54, 1.807) is 11.8 Å². The van der Waals surface area contributed by atoms with Crippen molar-refractivity contribution in [3.8, 4) is 0 Å². The molecule has 1 fully saturated rings. The molecule has 0 saturated carbocycles. The van der Waals surface area contributed by atoms with Crippen molar-refractivity contribution in [2.45, 2.75) is 38.6 Å². The number of aromatic nitrogens is 1. The molecule has 1 unspecified atom stereocenters. The van der Waals surface area contributed by atoms with E-state index in [1.165, 1.54) is 12.3 Å². The molecule has 0 radical (unpaired) electrons. The minimum atomic E-state index is -1.00. The standard InChI is InChI=1S/C13H17N3O4/c1-3-13(12(17)18)5-4-6-15(13)11-7-10(16(19)20)9(2)8-14-11/h7-8H,3-6H2,1-2H3,(H,17,18). The SMILES string of the molecule is CCC1(C(=O)O)CCCN1c1cc([N+](=O)[O-])c(C)cn1. The number of carbonyl (C=O) groups is 1. The number of hydrogen-bond donors (Lipinski definition) is 1. The minimum Gasteiger partial charge on any atom is -0.479 e. The summed E-state index contributed by atoms with van der Waals surface area (Å²) >= 11 is 0. The van der Waals surface area contributed by atoms with Crippen LogP contribution >= 0.6 is 0 Å². The Hall–Kier alpha value is -2.18. The molecule has 0 bridgehead atoms. The molecule has 108 valence electrons. The maximum atomic E-state index is 11.6. The zero-order valence-electron chi connectivity index (χ0n) is 11.5. The molecule has 1 aliphatic rings. The molecule has 1 aliphatic heterocycles. The number of nitrogens with zero attached hydrogens (tertiary/aromatic N) is 3. The predicted octanol–water partition coefficient (Wildman–Crippen LogP) is 2.13. The molecule has 0 aromatic carbocycles. The van der Waals surface area contributed by atoms with Crippen LogP contribution in [0.15, 0.2) is 12.3 Å². The van der Waals surface area contributed by atoms with Crippen LogP contribution in [0.25, 0.3) is 0 Å². The molecule has 1 aromatic heterocycles. The van der Waals surface area contributed by atoms with Crippen LogP contribution in [0.5, 0.6) is 0 Å². The van der Waals surface area contributed by atoms with Crippen molar-refractivity contribution in [3.63, 3.8) is 0 Å². The van der Waals surface area contributed by atoms with E-state index in [4.69, 9.17) is 0 Å². The summed E-state index contributed by atoms with van der Waals surface area (Å²) in [6.07, 6.45) is 3.13. The van der Waals surface area contributed by atoms with E-state index in [9.17, 15) is 20.0 Å². The first-order chi connectivity index (χ1) is 9.42. The number of anilines is 1. The molecule has 1 N–H and O–H groups in total. The van der Waals surface area contributed by atoms with Crippen LogP contribution < -0.4 is 4.90 Å². The summed E-state index contributed by atoms with van der Waals surface area (Å²) in [6.45, 7) is 3.98. The first-order valence-electron chi connectivity index (χ1n) is 6.54. The van der Waals surface area contributed by atoms with Crippen molar-refractivity contribution in [2.24, 2.45) is 0 Å². The molecule has 20 heavy (non-hydrogen) atoms. The first kappa shape index (κ1) is 14.2. The fraction of sp³-hybridized carbons (Fsp3) is 0.538. The lowest BCUT2D eigenvalue weighted by Gasteiger charge is -2.34. The number of carboxylic acid groups (broad SMARTS) is 1. The van der Waals surface area contributed by atoms with E-state index >= 15 is 0 Å². The van der Waals surface area contributed by atoms with Gasteiger partial charge in [0.1, 0.15) is 11.4 Å². The molecule has 0 spiro atoms. The van der Waals surface area contributed by atoms with Crippen molar-refractivity contribution >= 4 is 17.5 Å². The zero-order chi connectivity index (χ0) is 14.9. The lowest BCUT2D eigenvalue weighted by Crippen LogP contribution is -2.50. The Morgan fingerprint density at radius 3 is 2.90 bits per heavy atom. The highest BCUT2D eigenvalue weighted by Crippen LogP contribution is 2.37. The van der Waals surface area contributed by atoms with Gasteiger partial charge in [-0.25, -0.2) is 9.78 Å². The number of carboxylic acids is 1. The van der Waals surface area contributed by atoms with Crippen LogP contribution in [-0.4, -0.2) is 33.1 Å². The third-order valence-corrected chi connectivity index (χ3v) is 4.01. The maximum absolute atomic E-state index is 11.6. The third kappa shape index (κ3) is 2.09. The zero-order valence-corrected chi connectivity index (χ0v) is 11.5. The molecule has 1 atom stereocenters. The lowest BCUT2D eigenvalue weighted by atomic mass is 9.93. The monoisotopic (exact) mass is 279 g/mol. The van der Waals surface area contributed by atoms with Gasteiger partial charge in [0.05, 0.1) is 11.0 Å². The summed E-state index contributed by atoms with van der Waals surface area (Å²) in [5.74, 6) is -0.536. The molecule has 7 heteroatoms. The normalized spacial score (nSPS) is 22.0. The average Bonchev–Trinajstić information content (AvgIpc) is 2.84. The van der Waals surface area contributed by atoms with Crippen LogP contribution in [0.3, 0.4) is 0 Å². The highest BCUT2D eigenvalue weighted by Gasteiger charge is 2.47. The van der Waals surface area contributed by atoms with Crippen molar-refractivity contribution in [3.05, 3.63) is 27.9 Å². The average molecular weight is 279 g/mol. The topological polar surface area (TPSA) is 96.6 Å². The molecule has 0 amide bonds. The van der Waals surface area contributed by atoms with Crippen LogP contribution in [0.1, 0.15) is 31.7 Å². The Morgan fingerprint density at radius 1 is 1.65 bits per heavy atom. The number of hydrogen-bond acceptors (Lipinski definition) is 5. The molecule has 2 heterocycles. The summed E-state index contributed by atoms with van der Waals surface area (Å²) in [5, 5.41) is 20.5. The van der Waals surface area contributed by atoms with Crippen molar-refractivity contribution < 1.29 is 14.8 Å². The Balaban J connectivity index is 2.48. The third-order valence-electron chi connectivity index (χ3n) is 4.01. The molecule has 7 nitrogen and oxygen atoms in total. The number of pyridine rings is 1. The van der Waals surface area contributed by atoms with Crippen molar-refractivity contribution in [1.82, 2.24) is 4.98 Å². The highest BCUT2D eigenvalue weighted by atomic mass is 16.6. The predicted molar refractivity (Wildman–Crippen MR) is 72.9 cm³/mol. The maximum Gasteiger partial charge on any atom is 0.329 e. The quantitative estimate of drug-likeness (QED) is 0.670. The van der Waals surface area contributed by atoms with Gasteiger partial charge in [0.2, 0.25) is 0 Å². The van der Waals surface area contributed by atoms with E-state index in [0.29, 0.717) is 30.8 Å². The summed E-state index contributed by atoms with van der Waals surface area (Å²) in [7, 11) is 0. The Bertz CT molecular complexity index is 561. The molecule has 1 saturated heterocycles. The van der Waals surface area contributed by atoms with E-state index < -0.39 is 16.4 Å². The van der Waals surface area contributed by atoms with Crippen molar-refractivity contribution in [1.29, 1.82) is 0 Å². The van der Waals surface area contributed by atoms with E-state index in [0.717, 1.165) is 6.42 Å². The fourth-order valence-electron chi connectivity index (χ4n) is 2.80. The Morgan fingerprint density at radius 2 is 2.35 bits per heavy atom. The number of aryl methyl sites for hydroxylation is 1. The van der Waals surface area contributed by atoms with Crippen LogP contribution in [0.2, 0.25) is 0 Å². The van der Waals surface area contributed by atoms with Gasteiger partial charge < -0.3 is 10.0 Å². The van der Waals surface area contributed by atoms with Gasteiger partial charge in [0.25, 0.3) is 5.69 Å². The van der Waals surface area contributed by atoms with E-state index in [-0.39, 0.29) is 5.69 Å². The Kier molecular flexibility index (Phi) is 3.61. The lowest BCUT2D eigenvalue weighted by molar-refractivity contribution is -0.385. The molecule has 2 rings (SSSR count). The Labute approximate surface area is 116 Å². The van der Waals surface area contributed by atoms with Gasteiger partial charge in [-0.3, -0.25) is 10.1 Å². The van der Waals surface area contributed by atoms with Gasteiger partial charge in [0, 0.05) is 18.3 Å². The van der Waals surface area contributed by atoms with E-state index in [1.807, 2.05) is 6.92 Å². The van der Waals surface area contributed by atoms with Gasteiger partial charge >= 0.3 is 5.97 Å². The van der Waals surface area contributed by atoms with Crippen LogP contribution in [0, 0.1) is 17.0 Å². The minimum absolute atomic E-state index is 0.0303. The van der Waals surface area contributed by atoms with E-state index in [2.05, 4.69) is 4.98 Å². The van der Waals surface area contributed by atoms with Gasteiger partial charge in [-0.05, 0) is 26.2 Å². The van der Waals surface area contributed by atoms with Gasteiger partial charge in [-0.2, -0.15) is 0 Å². The van der Waals surface area contributed by atoms with Gasteiger partial charge in [0.15, 0.2) is 0 Å². The first-order valence-corrected chi connectivity index (χ1v) is 6.54. The number of aliphatic carboxylic acids is 1.